The second-order valence-corrected chi connectivity index (χ2v) is 6.21. The van der Waals surface area contributed by atoms with Crippen LogP contribution < -0.4 is 0 Å². The van der Waals surface area contributed by atoms with Crippen LogP contribution in [0.25, 0.3) is 6.08 Å². The Hall–Kier alpha value is -2.15. The van der Waals surface area contributed by atoms with Gasteiger partial charge in [0.15, 0.2) is 5.78 Å². The van der Waals surface area contributed by atoms with Crippen LogP contribution in [0, 0.1) is 12.8 Å². The molecule has 0 heterocycles. The molecule has 0 aliphatic heterocycles. The quantitative estimate of drug-likeness (QED) is 0.666. The van der Waals surface area contributed by atoms with Gasteiger partial charge in [-0.2, -0.15) is 0 Å². The van der Waals surface area contributed by atoms with Gasteiger partial charge in [0.05, 0.1) is 0 Å². The van der Waals surface area contributed by atoms with E-state index in [9.17, 15) is 4.79 Å². The van der Waals surface area contributed by atoms with Crippen LogP contribution in [0.15, 0.2) is 48.5 Å². The van der Waals surface area contributed by atoms with Crippen LogP contribution in [0.2, 0.25) is 0 Å². The Morgan fingerprint density at radius 3 is 2.64 bits per heavy atom. The average Bonchev–Trinajstić information content (AvgIpc) is 2.84. The van der Waals surface area contributed by atoms with Crippen molar-refractivity contribution in [3.63, 3.8) is 0 Å². The van der Waals surface area contributed by atoms with Crippen molar-refractivity contribution in [1.29, 1.82) is 0 Å². The molecule has 0 spiro atoms. The van der Waals surface area contributed by atoms with Crippen LogP contribution in [0.4, 0.5) is 0 Å². The van der Waals surface area contributed by atoms with E-state index in [1.165, 1.54) is 35.1 Å². The Labute approximate surface area is 132 Å². The fourth-order valence-electron chi connectivity index (χ4n) is 3.29. The number of fused-ring (bicyclic) bond motifs is 2. The zero-order valence-electron chi connectivity index (χ0n) is 13.3. The number of ketones is 1. The summed E-state index contributed by atoms with van der Waals surface area (Å²) < 4.78 is 0. The van der Waals surface area contributed by atoms with Crippen molar-refractivity contribution in [3.05, 3.63) is 76.4 Å². The summed E-state index contributed by atoms with van der Waals surface area (Å²) in [5.74, 6) is 0.507. The zero-order valence-corrected chi connectivity index (χ0v) is 13.3. The Kier molecular flexibility index (Phi) is 4.24. The smallest absolute Gasteiger partial charge is 0.166 e. The molecule has 1 atom stereocenters. The Morgan fingerprint density at radius 2 is 1.86 bits per heavy atom. The van der Waals surface area contributed by atoms with E-state index in [4.69, 9.17) is 0 Å². The van der Waals surface area contributed by atoms with Crippen molar-refractivity contribution in [1.82, 2.24) is 0 Å². The molecule has 0 radical (unpaired) electrons. The summed E-state index contributed by atoms with van der Waals surface area (Å²) in [5.41, 5.74) is 6.53. The molecular formula is C21H22O. The molecule has 2 aliphatic carbocycles. The van der Waals surface area contributed by atoms with Gasteiger partial charge in [-0.25, -0.2) is 0 Å². The predicted octanol–water partition coefficient (Wildman–Crippen LogP) is 5.02. The average molecular weight is 290 g/mol. The highest BCUT2D eigenvalue weighted by molar-refractivity contribution is 6.01. The second kappa shape index (κ2) is 6.31. The van der Waals surface area contributed by atoms with Gasteiger partial charge in [-0.05, 0) is 48.4 Å². The number of benzene rings is 2. The molecular weight excluding hydrogens is 268 g/mol. The molecule has 0 aromatic heterocycles. The van der Waals surface area contributed by atoms with E-state index in [1.807, 2.05) is 31.2 Å². The fraction of sp³-hybridized carbons (Fsp3) is 0.286. The molecule has 1 unspecified atom stereocenters. The summed E-state index contributed by atoms with van der Waals surface area (Å²) in [6.45, 7) is 4.18. The maximum Gasteiger partial charge on any atom is 0.166 e. The third kappa shape index (κ3) is 2.89. The molecule has 1 heteroatoms. The number of rotatable bonds is 0. The summed E-state index contributed by atoms with van der Waals surface area (Å²) in [6.07, 6.45) is 7.83. The summed E-state index contributed by atoms with van der Waals surface area (Å²) in [4.78, 5) is 11.4. The standard InChI is InChI=1S/C11H12.C10H10O/c1-9-5-4-7-10-6-2-3-8-11(9)10;1-7-6-8-4-2-3-5-9(8)10(7)11/h2,4-7H,3,8H2,1H3;2-5,7H,6H2,1H3. The van der Waals surface area contributed by atoms with Gasteiger partial charge in [-0.15, -0.1) is 0 Å². The van der Waals surface area contributed by atoms with E-state index in [0.717, 1.165) is 12.0 Å². The monoisotopic (exact) mass is 290 g/mol. The van der Waals surface area contributed by atoms with Crippen LogP contribution in [0.3, 0.4) is 0 Å². The molecule has 0 saturated carbocycles. The number of aryl methyl sites for hydroxylation is 1. The summed E-state index contributed by atoms with van der Waals surface area (Å²) in [6, 6.07) is 14.4. The molecule has 0 N–H and O–H groups in total. The lowest BCUT2D eigenvalue weighted by Crippen LogP contribution is -2.02. The van der Waals surface area contributed by atoms with Crippen molar-refractivity contribution >= 4 is 11.9 Å². The summed E-state index contributed by atoms with van der Waals surface area (Å²) >= 11 is 0. The van der Waals surface area contributed by atoms with Gasteiger partial charge in [0.25, 0.3) is 0 Å². The van der Waals surface area contributed by atoms with Gasteiger partial charge in [0, 0.05) is 11.5 Å². The van der Waals surface area contributed by atoms with Gasteiger partial charge in [0.2, 0.25) is 0 Å². The van der Waals surface area contributed by atoms with Gasteiger partial charge in [0.1, 0.15) is 0 Å². The third-order valence-electron chi connectivity index (χ3n) is 4.56. The number of hydrogen-bond donors (Lipinski definition) is 0. The number of hydrogen-bond acceptors (Lipinski definition) is 1. The highest BCUT2D eigenvalue weighted by atomic mass is 16.1. The minimum atomic E-state index is 0.201. The lowest BCUT2D eigenvalue weighted by molar-refractivity contribution is 0.0946. The first-order valence-electron chi connectivity index (χ1n) is 8.04. The van der Waals surface area contributed by atoms with E-state index < -0.39 is 0 Å². The van der Waals surface area contributed by atoms with Crippen LogP contribution in [0.5, 0.6) is 0 Å². The number of carbonyl (C=O) groups is 1. The summed E-state index contributed by atoms with van der Waals surface area (Å²) in [7, 11) is 0. The highest BCUT2D eigenvalue weighted by Gasteiger charge is 2.25. The van der Waals surface area contributed by atoms with E-state index in [-0.39, 0.29) is 5.92 Å². The second-order valence-electron chi connectivity index (χ2n) is 6.21. The molecule has 1 nitrogen and oxygen atoms in total. The van der Waals surface area contributed by atoms with E-state index >= 15 is 0 Å². The first kappa shape index (κ1) is 14.8. The van der Waals surface area contributed by atoms with Crippen molar-refractivity contribution in [2.24, 2.45) is 5.92 Å². The fourth-order valence-corrected chi connectivity index (χ4v) is 3.29. The molecule has 4 rings (SSSR count). The molecule has 0 amide bonds. The van der Waals surface area contributed by atoms with Crippen LogP contribution in [-0.2, 0) is 12.8 Å². The topological polar surface area (TPSA) is 17.1 Å². The van der Waals surface area contributed by atoms with Crippen molar-refractivity contribution < 1.29 is 4.79 Å². The van der Waals surface area contributed by atoms with Crippen LogP contribution >= 0.6 is 0 Å². The van der Waals surface area contributed by atoms with Gasteiger partial charge >= 0.3 is 0 Å². The highest BCUT2D eigenvalue weighted by Crippen LogP contribution is 2.25. The van der Waals surface area contributed by atoms with E-state index in [2.05, 4.69) is 37.3 Å². The van der Waals surface area contributed by atoms with Gasteiger partial charge in [-0.1, -0.05) is 61.5 Å². The molecule has 2 aromatic rings. The number of Topliss-reactive ketones (excluding diaryl/α,β-unsaturated/α-hetero) is 1. The van der Waals surface area contributed by atoms with Crippen molar-refractivity contribution in [2.45, 2.75) is 33.1 Å². The minimum Gasteiger partial charge on any atom is -0.294 e. The lowest BCUT2D eigenvalue weighted by Gasteiger charge is -2.12. The molecule has 2 aromatic carbocycles. The first-order chi connectivity index (χ1) is 10.7. The lowest BCUT2D eigenvalue weighted by atomic mass is 9.94. The number of carbonyl (C=O) groups excluding carboxylic acids is 1. The number of allylic oxidation sites excluding steroid dienone is 1. The SMILES string of the molecule is CC1Cc2ccccc2C1=O.Cc1cccc2c1CCC=C2. The Balaban J connectivity index is 0.000000131. The van der Waals surface area contributed by atoms with E-state index in [1.54, 1.807) is 0 Å². The minimum absolute atomic E-state index is 0.201. The molecule has 22 heavy (non-hydrogen) atoms. The maximum absolute atomic E-state index is 11.4. The molecule has 0 saturated heterocycles. The van der Waals surface area contributed by atoms with Crippen LogP contribution in [-0.4, -0.2) is 5.78 Å². The Bertz CT molecular complexity index is 724. The molecule has 112 valence electrons. The maximum atomic E-state index is 11.4. The molecule has 0 fully saturated rings. The zero-order chi connectivity index (χ0) is 15.5. The predicted molar refractivity (Wildman–Crippen MR) is 92.2 cm³/mol. The third-order valence-corrected chi connectivity index (χ3v) is 4.56. The normalized spacial score (nSPS) is 18.3. The van der Waals surface area contributed by atoms with Crippen molar-refractivity contribution in [3.8, 4) is 0 Å². The largest absolute Gasteiger partial charge is 0.294 e. The van der Waals surface area contributed by atoms with E-state index in [0.29, 0.717) is 5.78 Å². The van der Waals surface area contributed by atoms with Gasteiger partial charge < -0.3 is 0 Å². The van der Waals surface area contributed by atoms with Crippen molar-refractivity contribution in [2.75, 3.05) is 0 Å². The van der Waals surface area contributed by atoms with Gasteiger partial charge in [-0.3, -0.25) is 4.79 Å². The Morgan fingerprint density at radius 1 is 1.05 bits per heavy atom. The molecule has 2 aliphatic rings. The van der Waals surface area contributed by atoms with Crippen LogP contribution in [0.1, 0.15) is 46.0 Å². The first-order valence-corrected chi connectivity index (χ1v) is 8.04. The summed E-state index contributed by atoms with van der Waals surface area (Å²) in [5, 5.41) is 0. The molecule has 0 bridgehead atoms.